The Labute approximate surface area is 121 Å². The first-order valence-corrected chi connectivity index (χ1v) is 7.69. The summed E-state index contributed by atoms with van der Waals surface area (Å²) >= 11 is 0. The average molecular weight is 277 g/mol. The summed E-state index contributed by atoms with van der Waals surface area (Å²) in [6.45, 7) is 10.6. The van der Waals surface area contributed by atoms with Crippen LogP contribution in [0.1, 0.15) is 53.9 Å². The Kier molecular flexibility index (Phi) is 4.21. The first-order chi connectivity index (χ1) is 9.34. The molecule has 0 aromatic carbocycles. The molecule has 2 rings (SSSR count). The van der Waals surface area contributed by atoms with Gasteiger partial charge in [-0.25, -0.2) is 4.98 Å². The molecule has 3 unspecified atom stereocenters. The summed E-state index contributed by atoms with van der Waals surface area (Å²) in [5, 5.41) is 3.39. The van der Waals surface area contributed by atoms with Crippen LogP contribution in [0.15, 0.2) is 17.2 Å². The second-order valence-electron chi connectivity index (χ2n) is 6.98. The molecule has 1 aliphatic carbocycles. The van der Waals surface area contributed by atoms with Crippen LogP contribution < -0.4 is 10.9 Å². The van der Waals surface area contributed by atoms with Crippen LogP contribution in [0.4, 0.5) is 5.82 Å². The smallest absolute Gasteiger partial charge is 0.293 e. The molecule has 1 aromatic rings. The Hall–Kier alpha value is -1.32. The van der Waals surface area contributed by atoms with Crippen molar-refractivity contribution in [2.75, 3.05) is 5.32 Å². The lowest BCUT2D eigenvalue weighted by Crippen LogP contribution is -2.37. The van der Waals surface area contributed by atoms with Gasteiger partial charge in [0.25, 0.3) is 5.56 Å². The van der Waals surface area contributed by atoms with E-state index in [1.165, 1.54) is 12.8 Å². The van der Waals surface area contributed by atoms with Crippen LogP contribution in [-0.2, 0) is 5.54 Å². The molecule has 3 atom stereocenters. The SMILES string of the molecule is CCC1CCC(Nc2nccn(C(C)(C)C)c2=O)C1C. The molecule has 0 radical (unpaired) electrons. The fraction of sp³-hybridized carbons (Fsp3) is 0.750. The summed E-state index contributed by atoms with van der Waals surface area (Å²) in [4.78, 5) is 16.8. The Morgan fingerprint density at radius 3 is 2.65 bits per heavy atom. The van der Waals surface area contributed by atoms with Crippen molar-refractivity contribution in [1.29, 1.82) is 0 Å². The monoisotopic (exact) mass is 277 g/mol. The van der Waals surface area contributed by atoms with Crippen molar-refractivity contribution in [3.63, 3.8) is 0 Å². The summed E-state index contributed by atoms with van der Waals surface area (Å²) < 4.78 is 1.75. The van der Waals surface area contributed by atoms with Gasteiger partial charge in [-0.15, -0.1) is 0 Å². The zero-order chi connectivity index (χ0) is 14.9. The molecule has 0 bridgehead atoms. The van der Waals surface area contributed by atoms with Crippen LogP contribution in [0.25, 0.3) is 0 Å². The first-order valence-electron chi connectivity index (χ1n) is 7.69. The van der Waals surface area contributed by atoms with E-state index in [4.69, 9.17) is 0 Å². The topological polar surface area (TPSA) is 46.9 Å². The number of hydrogen-bond acceptors (Lipinski definition) is 3. The highest BCUT2D eigenvalue weighted by Crippen LogP contribution is 2.35. The highest BCUT2D eigenvalue weighted by molar-refractivity contribution is 5.33. The quantitative estimate of drug-likeness (QED) is 0.922. The molecular weight excluding hydrogens is 250 g/mol. The molecule has 1 N–H and O–H groups in total. The second-order valence-corrected chi connectivity index (χ2v) is 6.98. The number of rotatable bonds is 3. The van der Waals surface area contributed by atoms with E-state index in [1.54, 1.807) is 17.0 Å². The van der Waals surface area contributed by atoms with E-state index in [0.29, 0.717) is 17.8 Å². The number of anilines is 1. The maximum atomic E-state index is 12.5. The van der Waals surface area contributed by atoms with E-state index < -0.39 is 0 Å². The highest BCUT2D eigenvalue weighted by atomic mass is 16.1. The van der Waals surface area contributed by atoms with Gasteiger partial charge in [0.05, 0.1) is 0 Å². The molecule has 112 valence electrons. The molecule has 0 saturated heterocycles. The van der Waals surface area contributed by atoms with E-state index in [1.807, 2.05) is 20.8 Å². The Morgan fingerprint density at radius 1 is 1.40 bits per heavy atom. The summed E-state index contributed by atoms with van der Waals surface area (Å²) in [5.74, 6) is 1.86. The van der Waals surface area contributed by atoms with Crippen molar-refractivity contribution in [2.24, 2.45) is 11.8 Å². The maximum absolute atomic E-state index is 12.5. The van der Waals surface area contributed by atoms with Crippen LogP contribution in [-0.4, -0.2) is 15.6 Å². The Bertz CT molecular complexity index is 515. The largest absolute Gasteiger partial charge is 0.362 e. The fourth-order valence-corrected chi connectivity index (χ4v) is 3.24. The van der Waals surface area contributed by atoms with Crippen molar-refractivity contribution in [3.05, 3.63) is 22.7 Å². The second kappa shape index (κ2) is 5.58. The van der Waals surface area contributed by atoms with Crippen LogP contribution in [0, 0.1) is 11.8 Å². The normalized spacial score (nSPS) is 26.8. The van der Waals surface area contributed by atoms with E-state index in [0.717, 1.165) is 12.3 Å². The van der Waals surface area contributed by atoms with E-state index >= 15 is 0 Å². The number of aromatic nitrogens is 2. The lowest BCUT2D eigenvalue weighted by Gasteiger charge is -2.24. The van der Waals surface area contributed by atoms with Gasteiger partial charge in [-0.2, -0.15) is 0 Å². The third kappa shape index (κ3) is 2.89. The summed E-state index contributed by atoms with van der Waals surface area (Å²) in [6, 6.07) is 0.371. The number of nitrogens with zero attached hydrogens (tertiary/aromatic N) is 2. The van der Waals surface area contributed by atoms with Gasteiger partial charge in [0, 0.05) is 24.0 Å². The molecule has 4 nitrogen and oxygen atoms in total. The van der Waals surface area contributed by atoms with Crippen molar-refractivity contribution in [2.45, 2.75) is 65.5 Å². The summed E-state index contributed by atoms with van der Waals surface area (Å²) in [5.41, 5.74) is -0.240. The highest BCUT2D eigenvalue weighted by Gasteiger charge is 2.32. The third-order valence-corrected chi connectivity index (χ3v) is 4.64. The van der Waals surface area contributed by atoms with Gasteiger partial charge >= 0.3 is 0 Å². The molecule has 4 heteroatoms. The molecule has 0 amide bonds. The average Bonchev–Trinajstić information content (AvgIpc) is 2.71. The zero-order valence-electron chi connectivity index (χ0n) is 13.3. The standard InChI is InChI=1S/C16H27N3O/c1-6-12-7-8-13(11(12)2)18-14-15(20)19(10-9-17-14)16(3,4)5/h9-13H,6-8H2,1-5H3,(H,17,18). The molecule has 0 aliphatic heterocycles. The van der Waals surface area contributed by atoms with Crippen molar-refractivity contribution >= 4 is 5.82 Å². The molecule has 1 heterocycles. The predicted octanol–water partition coefficient (Wildman–Crippen LogP) is 3.23. The van der Waals surface area contributed by atoms with Crippen molar-refractivity contribution < 1.29 is 0 Å². The van der Waals surface area contributed by atoms with Crippen LogP contribution in [0.3, 0.4) is 0 Å². The molecule has 20 heavy (non-hydrogen) atoms. The van der Waals surface area contributed by atoms with Gasteiger partial charge < -0.3 is 9.88 Å². The van der Waals surface area contributed by atoms with Gasteiger partial charge in [-0.3, -0.25) is 4.79 Å². The summed E-state index contributed by atoms with van der Waals surface area (Å²) in [7, 11) is 0. The van der Waals surface area contributed by atoms with Crippen LogP contribution >= 0.6 is 0 Å². The van der Waals surface area contributed by atoms with Gasteiger partial charge in [-0.1, -0.05) is 20.3 Å². The minimum Gasteiger partial charge on any atom is -0.362 e. The molecule has 1 saturated carbocycles. The first kappa shape index (κ1) is 15.1. The zero-order valence-corrected chi connectivity index (χ0v) is 13.3. The molecule has 0 spiro atoms. The third-order valence-electron chi connectivity index (χ3n) is 4.64. The molecule has 1 aromatic heterocycles. The maximum Gasteiger partial charge on any atom is 0.293 e. The van der Waals surface area contributed by atoms with Gasteiger partial charge in [0.15, 0.2) is 5.82 Å². The Morgan fingerprint density at radius 2 is 2.10 bits per heavy atom. The van der Waals surface area contributed by atoms with E-state index in [9.17, 15) is 4.79 Å². The van der Waals surface area contributed by atoms with Crippen molar-refractivity contribution in [1.82, 2.24) is 9.55 Å². The van der Waals surface area contributed by atoms with Gasteiger partial charge in [-0.05, 0) is 45.4 Å². The van der Waals surface area contributed by atoms with Crippen molar-refractivity contribution in [3.8, 4) is 0 Å². The number of hydrogen-bond donors (Lipinski definition) is 1. The van der Waals surface area contributed by atoms with E-state index in [-0.39, 0.29) is 11.1 Å². The fourth-order valence-electron chi connectivity index (χ4n) is 3.24. The predicted molar refractivity (Wildman–Crippen MR) is 83.1 cm³/mol. The lowest BCUT2D eigenvalue weighted by molar-refractivity contribution is 0.379. The van der Waals surface area contributed by atoms with Crippen LogP contribution in [0.5, 0.6) is 0 Å². The minimum atomic E-state index is -0.219. The lowest BCUT2D eigenvalue weighted by atomic mass is 9.93. The van der Waals surface area contributed by atoms with Gasteiger partial charge in [0.2, 0.25) is 0 Å². The minimum absolute atomic E-state index is 0.0212. The Balaban J connectivity index is 2.21. The van der Waals surface area contributed by atoms with Gasteiger partial charge in [0.1, 0.15) is 0 Å². The molecule has 1 aliphatic rings. The van der Waals surface area contributed by atoms with E-state index in [2.05, 4.69) is 24.1 Å². The summed E-state index contributed by atoms with van der Waals surface area (Å²) in [6.07, 6.45) is 7.07. The van der Waals surface area contributed by atoms with Crippen LogP contribution in [0.2, 0.25) is 0 Å². The molecule has 1 fully saturated rings. The molecular formula is C16H27N3O. The number of nitrogens with one attached hydrogen (secondary N) is 1.